The van der Waals surface area contributed by atoms with Crippen molar-refractivity contribution >= 4 is 11.6 Å². The van der Waals surface area contributed by atoms with Crippen LogP contribution >= 0.6 is 11.6 Å². The van der Waals surface area contributed by atoms with Gasteiger partial charge < -0.3 is 10.1 Å². The summed E-state index contributed by atoms with van der Waals surface area (Å²) in [4.78, 5) is 2.33. The van der Waals surface area contributed by atoms with E-state index >= 15 is 0 Å². The number of halogens is 4. The molecule has 1 saturated heterocycles. The van der Waals surface area contributed by atoms with E-state index in [4.69, 9.17) is 11.6 Å². The fourth-order valence-corrected chi connectivity index (χ4v) is 3.55. The Morgan fingerprint density at radius 3 is 2.31 bits per heavy atom. The molecule has 3 nitrogen and oxygen atoms in total. The second-order valence-electron chi connectivity index (χ2n) is 6.31. The van der Waals surface area contributed by atoms with Crippen LogP contribution in [-0.4, -0.2) is 37.4 Å². The number of alkyl halides is 3. The summed E-state index contributed by atoms with van der Waals surface area (Å²) in [6.45, 7) is 5.45. The van der Waals surface area contributed by atoms with Crippen LogP contribution in [-0.2, 0) is 0 Å². The number of piperazine rings is 1. The molecule has 1 atom stereocenters. The van der Waals surface area contributed by atoms with Crippen molar-refractivity contribution in [1.29, 1.82) is 0 Å². The lowest BCUT2D eigenvalue weighted by Gasteiger charge is -2.36. The standard InChI is InChI=1S/C19H20ClF3N2O/c1-13-12-15(20)4-7-17(13)18(25-10-8-24-9-11-25)14-2-5-16(6-3-14)26-19(21,22)23/h2-7,12,18,24H,8-11H2,1H3/t18-/m1/s1. The van der Waals surface area contributed by atoms with Crippen LogP contribution in [0.3, 0.4) is 0 Å². The first-order chi connectivity index (χ1) is 12.3. The van der Waals surface area contributed by atoms with Crippen LogP contribution in [0.15, 0.2) is 42.5 Å². The molecule has 1 fully saturated rings. The number of benzene rings is 2. The number of hydrogen-bond acceptors (Lipinski definition) is 3. The Hall–Kier alpha value is -1.76. The molecule has 0 amide bonds. The highest BCUT2D eigenvalue weighted by molar-refractivity contribution is 6.30. The quantitative estimate of drug-likeness (QED) is 0.837. The topological polar surface area (TPSA) is 24.5 Å². The first-order valence-electron chi connectivity index (χ1n) is 8.40. The lowest BCUT2D eigenvalue weighted by Crippen LogP contribution is -2.45. The van der Waals surface area contributed by atoms with Gasteiger partial charge in [-0.15, -0.1) is 13.2 Å². The molecule has 0 aliphatic carbocycles. The van der Waals surface area contributed by atoms with E-state index in [1.807, 2.05) is 25.1 Å². The molecular formula is C19H20ClF3N2O. The predicted molar refractivity (Wildman–Crippen MR) is 95.6 cm³/mol. The molecule has 3 rings (SSSR count). The molecule has 0 spiro atoms. The van der Waals surface area contributed by atoms with Gasteiger partial charge in [0.05, 0.1) is 6.04 Å². The van der Waals surface area contributed by atoms with Crippen molar-refractivity contribution in [1.82, 2.24) is 10.2 Å². The minimum Gasteiger partial charge on any atom is -0.406 e. The van der Waals surface area contributed by atoms with Crippen LogP contribution in [0.2, 0.25) is 5.02 Å². The molecule has 26 heavy (non-hydrogen) atoms. The second kappa shape index (κ2) is 7.86. The Bertz CT molecular complexity index is 743. The van der Waals surface area contributed by atoms with Crippen LogP contribution in [0.25, 0.3) is 0 Å². The normalized spacial score (nSPS) is 17.1. The molecule has 0 saturated carbocycles. The van der Waals surface area contributed by atoms with E-state index in [2.05, 4.69) is 15.0 Å². The fraction of sp³-hybridized carbons (Fsp3) is 0.368. The highest BCUT2D eigenvalue weighted by atomic mass is 35.5. The Kier molecular flexibility index (Phi) is 5.75. The number of rotatable bonds is 4. The average Bonchev–Trinajstić information content (AvgIpc) is 2.58. The highest BCUT2D eigenvalue weighted by Crippen LogP contribution is 2.34. The zero-order valence-electron chi connectivity index (χ0n) is 14.3. The van der Waals surface area contributed by atoms with E-state index in [1.165, 1.54) is 12.1 Å². The van der Waals surface area contributed by atoms with Crippen molar-refractivity contribution in [2.75, 3.05) is 26.2 Å². The first-order valence-corrected chi connectivity index (χ1v) is 8.78. The van der Waals surface area contributed by atoms with Gasteiger partial charge >= 0.3 is 6.36 Å². The lowest BCUT2D eigenvalue weighted by molar-refractivity contribution is -0.274. The van der Waals surface area contributed by atoms with Crippen LogP contribution in [0.1, 0.15) is 22.7 Å². The summed E-state index contributed by atoms with van der Waals surface area (Å²) in [5, 5.41) is 3.99. The van der Waals surface area contributed by atoms with Crippen molar-refractivity contribution in [3.8, 4) is 5.75 Å². The Morgan fingerprint density at radius 2 is 1.73 bits per heavy atom. The summed E-state index contributed by atoms with van der Waals surface area (Å²) in [6, 6.07) is 11.8. The summed E-state index contributed by atoms with van der Waals surface area (Å²) in [5.41, 5.74) is 3.07. The van der Waals surface area contributed by atoms with E-state index in [9.17, 15) is 13.2 Å². The van der Waals surface area contributed by atoms with Crippen molar-refractivity contribution < 1.29 is 17.9 Å². The second-order valence-corrected chi connectivity index (χ2v) is 6.74. The van der Waals surface area contributed by atoms with E-state index in [1.54, 1.807) is 12.1 Å². The van der Waals surface area contributed by atoms with Crippen LogP contribution in [0.5, 0.6) is 5.75 Å². The molecule has 0 bridgehead atoms. The maximum absolute atomic E-state index is 12.4. The van der Waals surface area contributed by atoms with E-state index in [-0.39, 0.29) is 11.8 Å². The van der Waals surface area contributed by atoms with Crippen molar-refractivity contribution in [2.24, 2.45) is 0 Å². The van der Waals surface area contributed by atoms with Gasteiger partial charge in [-0.2, -0.15) is 0 Å². The molecule has 2 aromatic carbocycles. The summed E-state index contributed by atoms with van der Waals surface area (Å²) in [5.74, 6) is -0.215. The summed E-state index contributed by atoms with van der Waals surface area (Å²) < 4.78 is 41.2. The van der Waals surface area contributed by atoms with Crippen LogP contribution in [0.4, 0.5) is 13.2 Å². The number of nitrogens with one attached hydrogen (secondary N) is 1. The highest BCUT2D eigenvalue weighted by Gasteiger charge is 2.31. The fourth-order valence-electron chi connectivity index (χ4n) is 3.33. The zero-order chi connectivity index (χ0) is 18.7. The van der Waals surface area contributed by atoms with Gasteiger partial charge in [0.1, 0.15) is 5.75 Å². The first kappa shape index (κ1) is 19.0. The number of ether oxygens (including phenoxy) is 1. The molecule has 1 N–H and O–H groups in total. The van der Waals surface area contributed by atoms with Gasteiger partial charge in [0.15, 0.2) is 0 Å². The van der Waals surface area contributed by atoms with Gasteiger partial charge in [-0.05, 0) is 47.9 Å². The van der Waals surface area contributed by atoms with Gasteiger partial charge in [-0.25, -0.2) is 0 Å². The zero-order valence-corrected chi connectivity index (χ0v) is 15.1. The summed E-state index contributed by atoms with van der Waals surface area (Å²) in [7, 11) is 0. The Labute approximate surface area is 155 Å². The third kappa shape index (κ3) is 4.69. The molecule has 1 aliphatic rings. The molecule has 7 heteroatoms. The van der Waals surface area contributed by atoms with E-state index in [0.29, 0.717) is 5.02 Å². The third-order valence-corrected chi connectivity index (χ3v) is 4.71. The van der Waals surface area contributed by atoms with Gasteiger partial charge in [0.2, 0.25) is 0 Å². The minimum atomic E-state index is -4.69. The molecule has 0 unspecified atom stereocenters. The smallest absolute Gasteiger partial charge is 0.406 e. The van der Waals surface area contributed by atoms with E-state index < -0.39 is 6.36 Å². The maximum Gasteiger partial charge on any atom is 0.573 e. The molecular weight excluding hydrogens is 365 g/mol. The predicted octanol–water partition coefficient (Wildman–Crippen LogP) is 4.54. The number of aryl methyl sites for hydroxylation is 1. The van der Waals surface area contributed by atoms with Gasteiger partial charge in [0.25, 0.3) is 0 Å². The molecule has 0 radical (unpaired) electrons. The largest absolute Gasteiger partial charge is 0.573 e. The summed E-state index contributed by atoms with van der Waals surface area (Å²) in [6.07, 6.45) is -4.69. The van der Waals surface area contributed by atoms with Crippen molar-refractivity contribution in [3.63, 3.8) is 0 Å². The number of hydrogen-bond donors (Lipinski definition) is 1. The van der Waals surface area contributed by atoms with Crippen molar-refractivity contribution in [2.45, 2.75) is 19.3 Å². The monoisotopic (exact) mass is 384 g/mol. The molecule has 140 valence electrons. The Morgan fingerprint density at radius 1 is 1.08 bits per heavy atom. The van der Waals surface area contributed by atoms with Gasteiger partial charge in [-0.3, -0.25) is 4.90 Å². The van der Waals surface area contributed by atoms with Gasteiger partial charge in [0, 0.05) is 31.2 Å². The molecule has 2 aromatic rings. The molecule has 1 heterocycles. The van der Waals surface area contributed by atoms with Crippen LogP contribution < -0.4 is 10.1 Å². The molecule has 1 aliphatic heterocycles. The summed E-state index contributed by atoms with van der Waals surface area (Å²) >= 11 is 6.09. The maximum atomic E-state index is 12.4. The van der Waals surface area contributed by atoms with Crippen molar-refractivity contribution in [3.05, 3.63) is 64.2 Å². The third-order valence-electron chi connectivity index (χ3n) is 4.47. The van der Waals surface area contributed by atoms with Gasteiger partial charge in [-0.1, -0.05) is 29.8 Å². The minimum absolute atomic E-state index is 0.0469. The number of nitrogens with zero attached hydrogens (tertiary/aromatic N) is 1. The SMILES string of the molecule is Cc1cc(Cl)ccc1[C@@H](c1ccc(OC(F)(F)F)cc1)N1CCNCC1. The van der Waals surface area contributed by atoms with Crippen LogP contribution in [0, 0.1) is 6.92 Å². The average molecular weight is 385 g/mol. The Balaban J connectivity index is 1.95. The lowest BCUT2D eigenvalue weighted by atomic mass is 9.93. The van der Waals surface area contributed by atoms with E-state index in [0.717, 1.165) is 42.9 Å². The molecule has 0 aromatic heterocycles.